The van der Waals surface area contributed by atoms with E-state index in [1.165, 1.54) is 0 Å². The molecule has 0 aliphatic rings. The lowest BCUT2D eigenvalue weighted by atomic mass is 9.93. The van der Waals surface area contributed by atoms with Crippen LogP contribution in [-0.2, 0) is 14.3 Å². The van der Waals surface area contributed by atoms with Crippen molar-refractivity contribution in [1.82, 2.24) is 5.32 Å². The second-order valence-electron chi connectivity index (χ2n) is 4.00. The Labute approximate surface area is 96.2 Å². The lowest BCUT2D eigenvalue weighted by molar-refractivity contribution is -0.149. The van der Waals surface area contributed by atoms with Crippen LogP contribution in [0, 0.1) is 0 Å². The van der Waals surface area contributed by atoms with E-state index in [-0.39, 0.29) is 18.6 Å². The van der Waals surface area contributed by atoms with Gasteiger partial charge in [0.15, 0.2) is 0 Å². The Morgan fingerprint density at radius 1 is 1.31 bits per heavy atom. The molecule has 0 bridgehead atoms. The minimum atomic E-state index is -1.17. The van der Waals surface area contributed by atoms with Gasteiger partial charge in [0.1, 0.15) is 12.1 Å². The van der Waals surface area contributed by atoms with Gasteiger partial charge in [-0.25, -0.2) is 4.79 Å². The summed E-state index contributed by atoms with van der Waals surface area (Å²) < 4.78 is 5.11. The molecule has 0 aromatic heterocycles. The number of carbonyl (C=O) groups excluding carboxylic acids is 1. The van der Waals surface area contributed by atoms with E-state index >= 15 is 0 Å². The van der Waals surface area contributed by atoms with Crippen molar-refractivity contribution in [3.63, 3.8) is 0 Å². The van der Waals surface area contributed by atoms with Gasteiger partial charge in [-0.3, -0.25) is 4.79 Å². The highest BCUT2D eigenvalue weighted by Gasteiger charge is 2.36. The SMILES string of the molecule is CCC(CC)(NC(=O)COC(C)C)C(=O)O. The fourth-order valence-electron chi connectivity index (χ4n) is 1.33. The van der Waals surface area contributed by atoms with Crippen molar-refractivity contribution in [1.29, 1.82) is 0 Å². The van der Waals surface area contributed by atoms with E-state index in [0.717, 1.165) is 0 Å². The average molecular weight is 231 g/mol. The van der Waals surface area contributed by atoms with Crippen LogP contribution in [-0.4, -0.2) is 35.2 Å². The van der Waals surface area contributed by atoms with Gasteiger partial charge in [0.2, 0.25) is 5.91 Å². The number of carboxylic acids is 1. The maximum absolute atomic E-state index is 11.5. The Morgan fingerprint density at radius 2 is 1.81 bits per heavy atom. The molecule has 0 aromatic rings. The van der Waals surface area contributed by atoms with Crippen LogP contribution in [0.15, 0.2) is 0 Å². The first-order chi connectivity index (χ1) is 7.38. The summed E-state index contributed by atoms with van der Waals surface area (Å²) >= 11 is 0. The van der Waals surface area contributed by atoms with Crippen LogP contribution < -0.4 is 5.32 Å². The molecule has 1 amide bonds. The van der Waals surface area contributed by atoms with E-state index in [1.807, 2.05) is 13.8 Å². The maximum Gasteiger partial charge on any atom is 0.329 e. The molecule has 5 heteroatoms. The second-order valence-corrected chi connectivity index (χ2v) is 4.00. The van der Waals surface area contributed by atoms with Gasteiger partial charge in [-0.2, -0.15) is 0 Å². The zero-order valence-electron chi connectivity index (χ0n) is 10.4. The van der Waals surface area contributed by atoms with Crippen LogP contribution in [0.1, 0.15) is 40.5 Å². The van der Waals surface area contributed by atoms with E-state index in [9.17, 15) is 9.59 Å². The highest BCUT2D eigenvalue weighted by Crippen LogP contribution is 2.15. The van der Waals surface area contributed by atoms with E-state index in [0.29, 0.717) is 12.8 Å². The zero-order chi connectivity index (χ0) is 12.8. The van der Waals surface area contributed by atoms with Crippen LogP contribution in [0.3, 0.4) is 0 Å². The minimum Gasteiger partial charge on any atom is -0.480 e. The quantitative estimate of drug-likeness (QED) is 0.689. The summed E-state index contributed by atoms with van der Waals surface area (Å²) in [5.41, 5.74) is -1.17. The number of amides is 1. The van der Waals surface area contributed by atoms with Gasteiger partial charge in [-0.15, -0.1) is 0 Å². The zero-order valence-corrected chi connectivity index (χ0v) is 10.4. The van der Waals surface area contributed by atoms with Gasteiger partial charge in [0, 0.05) is 0 Å². The number of carbonyl (C=O) groups is 2. The largest absolute Gasteiger partial charge is 0.480 e. The van der Waals surface area contributed by atoms with E-state index in [2.05, 4.69) is 5.32 Å². The van der Waals surface area contributed by atoms with Crippen LogP contribution in [0.4, 0.5) is 0 Å². The number of nitrogens with one attached hydrogen (secondary N) is 1. The summed E-state index contributed by atoms with van der Waals surface area (Å²) in [6, 6.07) is 0. The highest BCUT2D eigenvalue weighted by atomic mass is 16.5. The minimum absolute atomic E-state index is 0.0479. The lowest BCUT2D eigenvalue weighted by Gasteiger charge is -2.28. The lowest BCUT2D eigenvalue weighted by Crippen LogP contribution is -2.54. The molecular weight excluding hydrogens is 210 g/mol. The van der Waals surface area contributed by atoms with Gasteiger partial charge in [0.05, 0.1) is 6.10 Å². The number of hydrogen-bond donors (Lipinski definition) is 2. The highest BCUT2D eigenvalue weighted by molar-refractivity contribution is 5.87. The summed E-state index contributed by atoms with van der Waals surface area (Å²) in [5.74, 6) is -1.39. The van der Waals surface area contributed by atoms with Crippen molar-refractivity contribution in [2.75, 3.05) is 6.61 Å². The van der Waals surface area contributed by atoms with Crippen LogP contribution >= 0.6 is 0 Å². The molecule has 0 unspecified atom stereocenters. The molecule has 2 N–H and O–H groups in total. The molecule has 0 saturated carbocycles. The smallest absolute Gasteiger partial charge is 0.329 e. The molecule has 0 aliphatic carbocycles. The Bertz CT molecular complexity index is 246. The van der Waals surface area contributed by atoms with E-state index in [1.54, 1.807) is 13.8 Å². The summed E-state index contributed by atoms with van der Waals surface area (Å²) in [5, 5.41) is 11.6. The molecule has 0 aromatic carbocycles. The molecule has 16 heavy (non-hydrogen) atoms. The van der Waals surface area contributed by atoms with Crippen molar-refractivity contribution >= 4 is 11.9 Å². The molecule has 94 valence electrons. The van der Waals surface area contributed by atoms with Crippen molar-refractivity contribution < 1.29 is 19.4 Å². The van der Waals surface area contributed by atoms with Crippen molar-refractivity contribution in [3.05, 3.63) is 0 Å². The van der Waals surface area contributed by atoms with E-state index < -0.39 is 11.5 Å². The fourth-order valence-corrected chi connectivity index (χ4v) is 1.33. The van der Waals surface area contributed by atoms with Gasteiger partial charge < -0.3 is 15.2 Å². The predicted octanol–water partition coefficient (Wildman–Crippen LogP) is 1.17. The second kappa shape index (κ2) is 6.48. The van der Waals surface area contributed by atoms with Crippen molar-refractivity contribution in [2.24, 2.45) is 0 Å². The van der Waals surface area contributed by atoms with Crippen LogP contribution in [0.25, 0.3) is 0 Å². The third-order valence-electron chi connectivity index (χ3n) is 2.54. The number of carboxylic acid groups (broad SMARTS) is 1. The molecule has 0 fully saturated rings. The summed E-state index contributed by atoms with van der Waals surface area (Å²) in [4.78, 5) is 22.6. The van der Waals surface area contributed by atoms with E-state index in [4.69, 9.17) is 9.84 Å². The summed E-state index contributed by atoms with van der Waals surface area (Å²) in [7, 11) is 0. The van der Waals surface area contributed by atoms with Gasteiger partial charge in [0.25, 0.3) is 0 Å². The first-order valence-corrected chi connectivity index (χ1v) is 5.54. The predicted molar refractivity (Wildman–Crippen MR) is 60.2 cm³/mol. The number of hydrogen-bond acceptors (Lipinski definition) is 3. The topological polar surface area (TPSA) is 75.6 Å². The molecule has 0 heterocycles. The molecule has 0 rings (SSSR count). The Kier molecular flexibility index (Phi) is 6.03. The number of aliphatic carboxylic acids is 1. The summed E-state index contributed by atoms with van der Waals surface area (Å²) in [6.07, 6.45) is 0.659. The van der Waals surface area contributed by atoms with Crippen molar-refractivity contribution in [3.8, 4) is 0 Å². The third-order valence-corrected chi connectivity index (χ3v) is 2.54. The summed E-state index contributed by atoms with van der Waals surface area (Å²) in [6.45, 7) is 7.00. The fraction of sp³-hybridized carbons (Fsp3) is 0.818. The molecule has 5 nitrogen and oxygen atoms in total. The van der Waals surface area contributed by atoms with Gasteiger partial charge in [-0.1, -0.05) is 13.8 Å². The molecular formula is C11H21NO4. The monoisotopic (exact) mass is 231 g/mol. The first-order valence-electron chi connectivity index (χ1n) is 5.54. The number of rotatable bonds is 7. The van der Waals surface area contributed by atoms with Gasteiger partial charge >= 0.3 is 5.97 Å². The van der Waals surface area contributed by atoms with Crippen LogP contribution in [0.2, 0.25) is 0 Å². The van der Waals surface area contributed by atoms with Crippen LogP contribution in [0.5, 0.6) is 0 Å². The maximum atomic E-state index is 11.5. The molecule has 0 saturated heterocycles. The van der Waals surface area contributed by atoms with Gasteiger partial charge in [-0.05, 0) is 26.7 Å². The first kappa shape index (κ1) is 14.9. The molecule has 0 aliphatic heterocycles. The molecule has 0 radical (unpaired) electrons. The Morgan fingerprint density at radius 3 is 2.12 bits per heavy atom. The molecule has 0 spiro atoms. The average Bonchev–Trinajstić information content (AvgIpc) is 2.22. The third kappa shape index (κ3) is 4.18. The standard InChI is InChI=1S/C11H21NO4/c1-5-11(6-2,10(14)15)12-9(13)7-16-8(3)4/h8H,5-7H2,1-4H3,(H,12,13)(H,14,15). The molecule has 0 atom stereocenters. The Hall–Kier alpha value is -1.10. The number of ether oxygens (including phenoxy) is 1. The normalized spacial score (nSPS) is 11.6. The Balaban J connectivity index is 4.41. The van der Waals surface area contributed by atoms with Crippen molar-refractivity contribution in [2.45, 2.75) is 52.2 Å².